The number of piperidine rings is 1. The first-order valence-corrected chi connectivity index (χ1v) is 10.4. The maximum atomic E-state index is 12.9. The number of fused-ring (bicyclic) bond motifs is 1. The summed E-state index contributed by atoms with van der Waals surface area (Å²) >= 11 is 0. The fourth-order valence-corrected chi connectivity index (χ4v) is 3.96. The number of nitrogens with zero attached hydrogens (tertiary/aromatic N) is 4. The number of carbonyl (C=O) groups is 1. The van der Waals surface area contributed by atoms with E-state index >= 15 is 0 Å². The largest absolute Gasteiger partial charge is 0.497 e. The van der Waals surface area contributed by atoms with E-state index in [0.717, 1.165) is 54.0 Å². The lowest BCUT2D eigenvalue weighted by atomic mass is 9.96. The van der Waals surface area contributed by atoms with Crippen LogP contribution >= 0.6 is 0 Å². The predicted molar refractivity (Wildman–Crippen MR) is 113 cm³/mol. The average Bonchev–Trinajstić information content (AvgIpc) is 3.20. The van der Waals surface area contributed by atoms with Gasteiger partial charge in [-0.3, -0.25) is 4.79 Å². The summed E-state index contributed by atoms with van der Waals surface area (Å²) in [6.07, 6.45) is 2.52. The number of nitrogens with one attached hydrogen (secondary N) is 1. The third-order valence-electron chi connectivity index (χ3n) is 5.53. The molecule has 8 nitrogen and oxygen atoms in total. The molecule has 158 valence electrons. The van der Waals surface area contributed by atoms with Crippen LogP contribution in [-0.2, 0) is 17.8 Å². The number of amides is 1. The minimum Gasteiger partial charge on any atom is -0.497 e. The summed E-state index contributed by atoms with van der Waals surface area (Å²) in [6.45, 7) is 5.82. The predicted octanol–water partition coefficient (Wildman–Crippen LogP) is 3.03. The zero-order valence-electron chi connectivity index (χ0n) is 17.6. The summed E-state index contributed by atoms with van der Waals surface area (Å²) in [4.78, 5) is 24.1. The van der Waals surface area contributed by atoms with E-state index in [2.05, 4.69) is 25.3 Å². The summed E-state index contributed by atoms with van der Waals surface area (Å²) in [5.41, 5.74) is 2.38. The molecule has 8 heteroatoms. The lowest BCUT2D eigenvalue weighted by molar-refractivity contribution is -0.125. The first kappa shape index (κ1) is 20.1. The molecule has 1 amide bonds. The summed E-state index contributed by atoms with van der Waals surface area (Å²) in [5.74, 6) is 2.21. The number of aryl methyl sites for hydroxylation is 2. The van der Waals surface area contributed by atoms with Crippen LogP contribution in [0.4, 0.5) is 5.82 Å². The van der Waals surface area contributed by atoms with Gasteiger partial charge in [0, 0.05) is 19.6 Å². The van der Waals surface area contributed by atoms with E-state index in [0.29, 0.717) is 24.6 Å². The molecule has 1 N–H and O–H groups in total. The molecule has 1 fully saturated rings. The quantitative estimate of drug-likeness (QED) is 0.669. The lowest BCUT2D eigenvalue weighted by Gasteiger charge is -2.33. The second-order valence-electron chi connectivity index (χ2n) is 7.61. The van der Waals surface area contributed by atoms with Crippen LogP contribution in [0.1, 0.15) is 36.8 Å². The van der Waals surface area contributed by atoms with Gasteiger partial charge in [0.15, 0.2) is 0 Å². The van der Waals surface area contributed by atoms with Crippen molar-refractivity contribution in [2.45, 2.75) is 39.7 Å². The van der Waals surface area contributed by atoms with E-state index in [1.165, 1.54) is 0 Å². The van der Waals surface area contributed by atoms with Gasteiger partial charge in [-0.2, -0.15) is 4.98 Å². The first-order valence-electron chi connectivity index (χ1n) is 10.4. The summed E-state index contributed by atoms with van der Waals surface area (Å²) < 4.78 is 10.7. The first-order chi connectivity index (χ1) is 14.6. The number of methoxy groups -OCH3 is 1. The van der Waals surface area contributed by atoms with Crippen molar-refractivity contribution in [2.24, 2.45) is 5.92 Å². The van der Waals surface area contributed by atoms with Gasteiger partial charge in [0.25, 0.3) is 5.71 Å². The van der Waals surface area contributed by atoms with E-state index in [1.807, 2.05) is 38.1 Å². The lowest BCUT2D eigenvalue weighted by Crippen LogP contribution is -2.43. The van der Waals surface area contributed by atoms with Gasteiger partial charge in [0.1, 0.15) is 22.8 Å². The average molecular weight is 409 g/mol. The Balaban J connectivity index is 1.49. The Morgan fingerprint density at radius 3 is 3.03 bits per heavy atom. The van der Waals surface area contributed by atoms with Gasteiger partial charge in [0.2, 0.25) is 5.91 Å². The van der Waals surface area contributed by atoms with Crippen LogP contribution in [0.5, 0.6) is 5.75 Å². The van der Waals surface area contributed by atoms with E-state index in [-0.39, 0.29) is 11.8 Å². The Bertz CT molecular complexity index is 1050. The van der Waals surface area contributed by atoms with Gasteiger partial charge in [-0.1, -0.05) is 24.2 Å². The smallest absolute Gasteiger partial charge is 0.263 e. The Labute approximate surface area is 175 Å². The molecule has 2 aromatic heterocycles. The summed E-state index contributed by atoms with van der Waals surface area (Å²) in [5, 5.41) is 8.08. The summed E-state index contributed by atoms with van der Waals surface area (Å²) in [7, 11) is 1.64. The van der Waals surface area contributed by atoms with Gasteiger partial charge in [0.05, 0.1) is 18.7 Å². The van der Waals surface area contributed by atoms with Crippen LogP contribution in [0.15, 0.2) is 28.8 Å². The highest BCUT2D eigenvalue weighted by molar-refractivity contribution is 5.89. The van der Waals surface area contributed by atoms with E-state index < -0.39 is 0 Å². The van der Waals surface area contributed by atoms with Crippen molar-refractivity contribution < 1.29 is 14.1 Å². The maximum Gasteiger partial charge on any atom is 0.263 e. The molecule has 0 spiro atoms. The highest BCUT2D eigenvalue weighted by atomic mass is 16.5. The number of carbonyl (C=O) groups excluding carboxylic acids is 1. The number of anilines is 1. The van der Waals surface area contributed by atoms with Crippen LogP contribution in [0.2, 0.25) is 0 Å². The number of hydrogen-bond acceptors (Lipinski definition) is 7. The van der Waals surface area contributed by atoms with Crippen molar-refractivity contribution in [3.63, 3.8) is 0 Å². The van der Waals surface area contributed by atoms with E-state index in [1.54, 1.807) is 7.11 Å². The van der Waals surface area contributed by atoms with E-state index in [9.17, 15) is 4.79 Å². The van der Waals surface area contributed by atoms with Gasteiger partial charge >= 0.3 is 0 Å². The van der Waals surface area contributed by atoms with Crippen molar-refractivity contribution >= 4 is 22.8 Å². The molecule has 0 bridgehead atoms. The van der Waals surface area contributed by atoms with Gasteiger partial charge in [-0.05, 0) is 43.9 Å². The highest BCUT2D eigenvalue weighted by Crippen LogP contribution is 2.31. The standard InChI is InChI=1S/C22H27N5O3/c1-4-18-19-20(24-14(2)25-22(19)30-26-18)27-10-6-8-16(13-27)21(28)23-12-15-7-5-9-17(11-15)29-3/h5,7,9,11,16H,4,6,8,10,12-13H2,1-3H3,(H,23,28)/t16-/m0/s1. The molecule has 3 heterocycles. The molecule has 0 radical (unpaired) electrons. The van der Waals surface area contributed by atoms with Crippen molar-refractivity contribution in [2.75, 3.05) is 25.1 Å². The van der Waals surface area contributed by atoms with Crippen LogP contribution in [0, 0.1) is 12.8 Å². The van der Waals surface area contributed by atoms with Gasteiger partial charge in [-0.25, -0.2) is 4.98 Å². The molecule has 3 aromatic rings. The Morgan fingerprint density at radius 1 is 1.37 bits per heavy atom. The summed E-state index contributed by atoms with van der Waals surface area (Å²) in [6, 6.07) is 7.74. The number of rotatable bonds is 6. The Morgan fingerprint density at radius 2 is 2.23 bits per heavy atom. The highest BCUT2D eigenvalue weighted by Gasteiger charge is 2.29. The topological polar surface area (TPSA) is 93.4 Å². The van der Waals surface area contributed by atoms with Gasteiger partial charge in [-0.15, -0.1) is 0 Å². The molecular formula is C22H27N5O3. The Kier molecular flexibility index (Phi) is 5.83. The fraction of sp³-hybridized carbons (Fsp3) is 0.455. The second-order valence-corrected chi connectivity index (χ2v) is 7.61. The third kappa shape index (κ3) is 4.08. The SMILES string of the molecule is CCc1noc2nc(C)nc(N3CCC[C@H](C(=O)NCc4cccc(OC)c4)C3)c12. The molecule has 0 unspecified atom stereocenters. The minimum absolute atomic E-state index is 0.0607. The van der Waals surface area contributed by atoms with Crippen molar-refractivity contribution in [1.29, 1.82) is 0 Å². The van der Waals surface area contributed by atoms with Crippen LogP contribution < -0.4 is 15.0 Å². The third-order valence-corrected chi connectivity index (χ3v) is 5.53. The molecule has 0 saturated carbocycles. The molecular weight excluding hydrogens is 382 g/mol. The minimum atomic E-state index is -0.0976. The van der Waals surface area contributed by atoms with Crippen LogP contribution in [-0.4, -0.2) is 41.2 Å². The molecule has 4 rings (SSSR count). The number of hydrogen-bond donors (Lipinski definition) is 1. The van der Waals surface area contributed by atoms with Crippen molar-refractivity contribution in [1.82, 2.24) is 20.4 Å². The molecule has 1 aromatic carbocycles. The Hall–Kier alpha value is -3.16. The molecule has 1 aliphatic rings. The monoisotopic (exact) mass is 409 g/mol. The number of ether oxygens (including phenoxy) is 1. The zero-order chi connectivity index (χ0) is 21.1. The second kappa shape index (κ2) is 8.69. The number of aromatic nitrogens is 3. The molecule has 30 heavy (non-hydrogen) atoms. The molecule has 1 saturated heterocycles. The maximum absolute atomic E-state index is 12.9. The molecule has 1 atom stereocenters. The van der Waals surface area contributed by atoms with E-state index in [4.69, 9.17) is 9.26 Å². The van der Waals surface area contributed by atoms with Gasteiger partial charge < -0.3 is 19.5 Å². The molecule has 1 aliphatic heterocycles. The normalized spacial score (nSPS) is 16.6. The zero-order valence-corrected chi connectivity index (χ0v) is 17.6. The van der Waals surface area contributed by atoms with Crippen LogP contribution in [0.25, 0.3) is 11.1 Å². The fourth-order valence-electron chi connectivity index (χ4n) is 3.96. The van der Waals surface area contributed by atoms with Crippen molar-refractivity contribution in [3.05, 3.63) is 41.3 Å². The van der Waals surface area contributed by atoms with Crippen LogP contribution in [0.3, 0.4) is 0 Å². The molecule has 0 aliphatic carbocycles. The van der Waals surface area contributed by atoms with Crippen molar-refractivity contribution in [3.8, 4) is 5.75 Å². The number of benzene rings is 1.